The van der Waals surface area contributed by atoms with Crippen molar-refractivity contribution in [2.75, 3.05) is 12.3 Å². The van der Waals surface area contributed by atoms with Gasteiger partial charge < -0.3 is 10.4 Å². The molecule has 96 valence electrons. The third kappa shape index (κ3) is 6.41. The number of hydrogen-bond acceptors (Lipinski definition) is 4. The number of β-amino-alcohol motifs (C(OH)–C–C–N with tert-alkyl or cyclic N) is 1. The Hall–Kier alpha value is -0.100. The number of nitrogens with zero attached hydrogens (tertiary/aromatic N) is 1. The Morgan fingerprint density at radius 2 is 2.24 bits per heavy atom. The average molecular weight is 319 g/mol. The number of aliphatic hydroxyl groups excluding tert-OH is 1. The molecule has 1 unspecified atom stereocenters. The summed E-state index contributed by atoms with van der Waals surface area (Å²) in [5, 5.41) is 14.0. The molecule has 2 N–H and O–H groups in total. The monoisotopic (exact) mass is 318 g/mol. The van der Waals surface area contributed by atoms with E-state index in [4.69, 9.17) is 0 Å². The largest absolute Gasteiger partial charge is 0.391 e. The van der Waals surface area contributed by atoms with E-state index in [-0.39, 0.29) is 11.6 Å². The molecule has 0 saturated heterocycles. The molecule has 0 amide bonds. The quantitative estimate of drug-likeness (QED) is 0.819. The first-order chi connectivity index (χ1) is 7.88. The van der Waals surface area contributed by atoms with Crippen molar-refractivity contribution in [2.24, 2.45) is 0 Å². The lowest BCUT2D eigenvalue weighted by molar-refractivity contribution is 0.183. The minimum absolute atomic E-state index is 0.0389. The lowest BCUT2D eigenvalue weighted by Gasteiger charge is -2.22. The summed E-state index contributed by atoms with van der Waals surface area (Å²) >= 11 is 4.99. The van der Waals surface area contributed by atoms with Crippen molar-refractivity contribution in [3.63, 3.8) is 0 Å². The number of thioether (sulfide) groups is 1. The molecule has 0 radical (unpaired) electrons. The van der Waals surface area contributed by atoms with E-state index in [0.29, 0.717) is 12.3 Å². The fourth-order valence-corrected chi connectivity index (χ4v) is 2.54. The van der Waals surface area contributed by atoms with Gasteiger partial charge in [0.1, 0.15) is 5.03 Å². The van der Waals surface area contributed by atoms with Crippen molar-refractivity contribution in [1.29, 1.82) is 0 Å². The Morgan fingerprint density at radius 1 is 1.53 bits per heavy atom. The Morgan fingerprint density at radius 3 is 2.82 bits per heavy atom. The topological polar surface area (TPSA) is 45.1 Å². The highest BCUT2D eigenvalue weighted by molar-refractivity contribution is 9.10. The highest BCUT2D eigenvalue weighted by Crippen LogP contribution is 2.24. The second-order valence-electron chi connectivity index (χ2n) is 4.89. The Balaban J connectivity index is 2.34. The average Bonchev–Trinajstić information content (AvgIpc) is 2.24. The van der Waals surface area contributed by atoms with Gasteiger partial charge in [0.25, 0.3) is 0 Å². The molecule has 0 bridgehead atoms. The Labute approximate surface area is 116 Å². The molecule has 1 rings (SSSR count). The maximum atomic E-state index is 9.84. The minimum Gasteiger partial charge on any atom is -0.391 e. The molecule has 0 saturated carbocycles. The summed E-state index contributed by atoms with van der Waals surface area (Å²) in [5.41, 5.74) is 0.0389. The smallest absolute Gasteiger partial charge is 0.110 e. The lowest BCUT2D eigenvalue weighted by Crippen LogP contribution is -2.41. The first kappa shape index (κ1) is 15.0. The molecular formula is C12H19BrN2OS. The summed E-state index contributed by atoms with van der Waals surface area (Å²) in [5.74, 6) is 0.638. The summed E-state index contributed by atoms with van der Waals surface area (Å²) in [6.07, 6.45) is 1.39. The number of hydrogen-bond donors (Lipinski definition) is 2. The van der Waals surface area contributed by atoms with Crippen LogP contribution < -0.4 is 5.32 Å². The van der Waals surface area contributed by atoms with Gasteiger partial charge in [0, 0.05) is 28.5 Å². The molecule has 0 aliphatic rings. The van der Waals surface area contributed by atoms with Crippen molar-refractivity contribution in [3.05, 3.63) is 22.8 Å². The summed E-state index contributed by atoms with van der Waals surface area (Å²) in [4.78, 5) is 4.24. The van der Waals surface area contributed by atoms with Crippen molar-refractivity contribution in [2.45, 2.75) is 37.4 Å². The Kier molecular flexibility index (Phi) is 5.92. The van der Waals surface area contributed by atoms with E-state index in [0.717, 1.165) is 9.50 Å². The number of aromatic nitrogens is 1. The number of aliphatic hydroxyl groups is 1. The molecular weight excluding hydrogens is 300 g/mol. The molecule has 0 fully saturated rings. The van der Waals surface area contributed by atoms with Gasteiger partial charge in [0.15, 0.2) is 0 Å². The van der Waals surface area contributed by atoms with E-state index in [1.807, 2.05) is 12.1 Å². The van der Waals surface area contributed by atoms with Crippen LogP contribution in [-0.2, 0) is 0 Å². The predicted molar refractivity (Wildman–Crippen MR) is 76.4 cm³/mol. The van der Waals surface area contributed by atoms with Gasteiger partial charge in [-0.3, -0.25) is 0 Å². The highest BCUT2D eigenvalue weighted by Gasteiger charge is 2.13. The second kappa shape index (κ2) is 6.73. The van der Waals surface area contributed by atoms with Gasteiger partial charge in [-0.1, -0.05) is 0 Å². The molecule has 1 atom stereocenters. The second-order valence-corrected chi connectivity index (χ2v) is 6.75. The molecule has 1 aromatic rings. The fourth-order valence-electron chi connectivity index (χ4n) is 1.14. The fraction of sp³-hybridized carbons (Fsp3) is 0.583. The standard InChI is InChI=1S/C12H19BrN2OS/c1-12(2,3)15-7-9(16)8-17-11-10(13)5-4-6-14-11/h4-6,9,15-16H,7-8H2,1-3H3. The molecule has 5 heteroatoms. The van der Waals surface area contributed by atoms with Crippen LogP contribution in [0.5, 0.6) is 0 Å². The zero-order chi connectivity index (χ0) is 12.9. The summed E-state index contributed by atoms with van der Waals surface area (Å²) in [7, 11) is 0. The molecule has 0 aliphatic heterocycles. The number of halogens is 1. The molecule has 1 aromatic heterocycles. The van der Waals surface area contributed by atoms with Gasteiger partial charge in [0.05, 0.1) is 6.10 Å². The van der Waals surface area contributed by atoms with E-state index >= 15 is 0 Å². The van der Waals surface area contributed by atoms with Crippen LogP contribution in [0.4, 0.5) is 0 Å². The van der Waals surface area contributed by atoms with Crippen LogP contribution in [0.2, 0.25) is 0 Å². The molecule has 0 aliphatic carbocycles. The van der Waals surface area contributed by atoms with Gasteiger partial charge in [-0.05, 0) is 48.8 Å². The van der Waals surface area contributed by atoms with E-state index in [2.05, 4.69) is 47.0 Å². The minimum atomic E-state index is -0.367. The third-order valence-electron chi connectivity index (χ3n) is 2.01. The van der Waals surface area contributed by atoms with Crippen LogP contribution in [-0.4, -0.2) is 34.0 Å². The van der Waals surface area contributed by atoms with Crippen molar-refractivity contribution in [1.82, 2.24) is 10.3 Å². The van der Waals surface area contributed by atoms with Gasteiger partial charge in [-0.15, -0.1) is 11.8 Å². The summed E-state index contributed by atoms with van der Waals surface area (Å²) < 4.78 is 0.973. The van der Waals surface area contributed by atoms with Gasteiger partial charge >= 0.3 is 0 Å². The molecule has 1 heterocycles. The van der Waals surface area contributed by atoms with Crippen LogP contribution in [0.3, 0.4) is 0 Å². The molecule has 0 aromatic carbocycles. The van der Waals surface area contributed by atoms with Crippen molar-refractivity contribution < 1.29 is 5.11 Å². The lowest BCUT2D eigenvalue weighted by atomic mass is 10.1. The first-order valence-electron chi connectivity index (χ1n) is 5.55. The van der Waals surface area contributed by atoms with Crippen LogP contribution in [0.15, 0.2) is 27.8 Å². The first-order valence-corrected chi connectivity index (χ1v) is 7.33. The maximum Gasteiger partial charge on any atom is 0.110 e. The summed E-state index contributed by atoms with van der Waals surface area (Å²) in [6, 6.07) is 3.83. The van der Waals surface area contributed by atoms with Gasteiger partial charge in [-0.2, -0.15) is 0 Å². The Bertz CT molecular complexity index is 355. The van der Waals surface area contributed by atoms with Crippen molar-refractivity contribution >= 4 is 27.7 Å². The zero-order valence-corrected chi connectivity index (χ0v) is 12.8. The van der Waals surface area contributed by atoms with Crippen LogP contribution in [0.1, 0.15) is 20.8 Å². The maximum absolute atomic E-state index is 9.84. The van der Waals surface area contributed by atoms with Gasteiger partial charge in [0.2, 0.25) is 0 Å². The summed E-state index contributed by atoms with van der Waals surface area (Å²) in [6.45, 7) is 6.85. The number of rotatable bonds is 5. The predicted octanol–water partition coefficient (Wildman–Crippen LogP) is 2.69. The highest BCUT2D eigenvalue weighted by atomic mass is 79.9. The van der Waals surface area contributed by atoms with Crippen molar-refractivity contribution in [3.8, 4) is 0 Å². The van der Waals surface area contributed by atoms with E-state index in [9.17, 15) is 5.11 Å². The number of nitrogens with one attached hydrogen (secondary N) is 1. The molecule has 3 nitrogen and oxygen atoms in total. The SMILES string of the molecule is CC(C)(C)NCC(O)CSc1ncccc1Br. The molecule has 17 heavy (non-hydrogen) atoms. The van der Waals surface area contributed by atoms with E-state index in [1.165, 1.54) is 0 Å². The van der Waals surface area contributed by atoms with Crippen LogP contribution >= 0.6 is 27.7 Å². The zero-order valence-electron chi connectivity index (χ0n) is 10.4. The normalized spacial score (nSPS) is 13.7. The molecule has 0 spiro atoms. The number of pyridine rings is 1. The van der Waals surface area contributed by atoms with Gasteiger partial charge in [-0.25, -0.2) is 4.98 Å². The third-order valence-corrected chi connectivity index (χ3v) is 4.06. The van der Waals surface area contributed by atoms with Crippen LogP contribution in [0, 0.1) is 0 Å². The van der Waals surface area contributed by atoms with Crippen LogP contribution in [0.25, 0.3) is 0 Å². The van der Waals surface area contributed by atoms with E-state index in [1.54, 1.807) is 18.0 Å². The van der Waals surface area contributed by atoms with E-state index < -0.39 is 0 Å².